The molecule has 196 valence electrons. The summed E-state index contributed by atoms with van der Waals surface area (Å²) in [5, 5.41) is 15.4. The summed E-state index contributed by atoms with van der Waals surface area (Å²) in [6, 6.07) is 9.58. The van der Waals surface area contributed by atoms with Gasteiger partial charge in [-0.2, -0.15) is 0 Å². The molecule has 0 radical (unpaired) electrons. The number of nitrogens with one attached hydrogen (secondary N) is 3. The topological polar surface area (TPSA) is 101 Å². The number of piperidine rings is 1. The second kappa shape index (κ2) is 11.7. The van der Waals surface area contributed by atoms with Gasteiger partial charge < -0.3 is 20.4 Å². The number of ketones is 1. The third-order valence-corrected chi connectivity index (χ3v) is 6.86. The maximum Gasteiger partial charge on any atom is 0.247 e. The van der Waals surface area contributed by atoms with Crippen LogP contribution in [-0.2, 0) is 9.59 Å². The molecule has 38 heavy (non-hydrogen) atoms. The first kappa shape index (κ1) is 26.6. The van der Waals surface area contributed by atoms with Crippen molar-refractivity contribution in [2.45, 2.75) is 32.2 Å². The van der Waals surface area contributed by atoms with Crippen LogP contribution in [0.3, 0.4) is 0 Å². The molecule has 1 atom stereocenters. The van der Waals surface area contributed by atoms with Crippen molar-refractivity contribution in [2.75, 3.05) is 35.2 Å². The molecule has 8 heteroatoms. The number of rotatable bonds is 9. The molecule has 4 rings (SSSR count). The third-order valence-electron chi connectivity index (χ3n) is 6.86. The van der Waals surface area contributed by atoms with E-state index < -0.39 is 0 Å². The van der Waals surface area contributed by atoms with Crippen molar-refractivity contribution in [1.29, 1.82) is 5.41 Å². The van der Waals surface area contributed by atoms with Crippen molar-refractivity contribution < 1.29 is 9.59 Å². The Morgan fingerprint density at radius 1 is 1.18 bits per heavy atom. The Bertz CT molecular complexity index is 1310. The summed E-state index contributed by atoms with van der Waals surface area (Å²) in [4.78, 5) is 32.6. The molecule has 2 aliphatic heterocycles. The second-order valence-electron chi connectivity index (χ2n) is 9.48. The van der Waals surface area contributed by atoms with Gasteiger partial charge in [0, 0.05) is 60.8 Å². The van der Waals surface area contributed by atoms with Crippen LogP contribution in [0.4, 0.5) is 17.2 Å². The molecular formula is C30H34N6O2. The summed E-state index contributed by atoms with van der Waals surface area (Å²) >= 11 is 0. The number of aryl methyl sites for hydroxylation is 1. The van der Waals surface area contributed by atoms with Crippen LogP contribution in [0.1, 0.15) is 36.1 Å². The maximum absolute atomic E-state index is 12.0. The van der Waals surface area contributed by atoms with Gasteiger partial charge in [0.05, 0.1) is 17.1 Å². The van der Waals surface area contributed by atoms with E-state index >= 15 is 0 Å². The SMILES string of the molecule is C=CC(=C)N1CCCC(Nc2nc(C)c(NC(=O)C=C)cc2C(=N)c2ccc(N3C=CC(=O)CC3)cc2)C1. The van der Waals surface area contributed by atoms with Crippen molar-refractivity contribution in [1.82, 2.24) is 9.88 Å². The fourth-order valence-corrected chi connectivity index (χ4v) is 4.65. The van der Waals surface area contributed by atoms with E-state index in [1.807, 2.05) is 36.1 Å². The van der Waals surface area contributed by atoms with Gasteiger partial charge in [0.2, 0.25) is 5.91 Å². The van der Waals surface area contributed by atoms with Gasteiger partial charge in [0.15, 0.2) is 5.78 Å². The predicted molar refractivity (Wildman–Crippen MR) is 154 cm³/mol. The second-order valence-corrected chi connectivity index (χ2v) is 9.48. The summed E-state index contributed by atoms with van der Waals surface area (Å²) in [5.41, 5.74) is 4.61. The number of hydrogen-bond donors (Lipinski definition) is 3. The van der Waals surface area contributed by atoms with Crippen LogP contribution in [0.25, 0.3) is 0 Å². The Morgan fingerprint density at radius 2 is 1.95 bits per heavy atom. The zero-order valence-corrected chi connectivity index (χ0v) is 21.8. The summed E-state index contributed by atoms with van der Waals surface area (Å²) in [5.74, 6) is 0.388. The number of carbonyl (C=O) groups excluding carboxylic acids is 2. The predicted octanol–water partition coefficient (Wildman–Crippen LogP) is 4.80. The number of nitrogens with zero attached hydrogens (tertiary/aromatic N) is 3. The highest BCUT2D eigenvalue weighted by Crippen LogP contribution is 2.28. The zero-order valence-electron chi connectivity index (χ0n) is 21.8. The summed E-state index contributed by atoms with van der Waals surface area (Å²) in [6.07, 6.45) is 8.80. The Balaban J connectivity index is 1.64. The molecule has 1 aromatic heterocycles. The molecule has 0 saturated carbocycles. The van der Waals surface area contributed by atoms with Gasteiger partial charge in [0.1, 0.15) is 5.82 Å². The lowest BCUT2D eigenvalue weighted by atomic mass is 10.00. The van der Waals surface area contributed by atoms with Gasteiger partial charge in [-0.1, -0.05) is 31.9 Å². The van der Waals surface area contributed by atoms with Crippen molar-refractivity contribution >= 4 is 34.6 Å². The van der Waals surface area contributed by atoms with Gasteiger partial charge in [-0.25, -0.2) is 4.98 Å². The fraction of sp³-hybridized carbons (Fsp3) is 0.267. The van der Waals surface area contributed by atoms with Crippen molar-refractivity contribution in [3.63, 3.8) is 0 Å². The van der Waals surface area contributed by atoms with Gasteiger partial charge in [-0.3, -0.25) is 15.0 Å². The standard InChI is InChI=1S/C30H34N6O2/c1-5-20(3)36-15-7-8-23(19-36)33-30-26(18-27(21(4)32-30)34-28(38)6-2)29(31)22-9-11-24(12-10-22)35-16-13-25(37)14-17-35/h5-6,9-13,16,18,23,31H,1-3,7-8,14-15,17,19H2,4H3,(H,32,33)(H,34,38). The maximum atomic E-state index is 12.0. The minimum atomic E-state index is -0.337. The number of aromatic nitrogens is 1. The molecule has 2 aliphatic rings. The minimum absolute atomic E-state index is 0.114. The van der Waals surface area contributed by atoms with Crippen LogP contribution in [0.15, 0.2) is 80.2 Å². The molecule has 3 N–H and O–H groups in total. The Hall–Kier alpha value is -4.46. The van der Waals surface area contributed by atoms with Crippen LogP contribution >= 0.6 is 0 Å². The molecule has 1 amide bonds. The average molecular weight is 511 g/mol. The van der Waals surface area contributed by atoms with Crippen molar-refractivity contribution in [3.8, 4) is 0 Å². The first-order chi connectivity index (χ1) is 18.3. The smallest absolute Gasteiger partial charge is 0.247 e. The van der Waals surface area contributed by atoms with Crippen LogP contribution in [0.5, 0.6) is 0 Å². The quantitative estimate of drug-likeness (QED) is 0.255. The summed E-state index contributed by atoms with van der Waals surface area (Å²) in [7, 11) is 0. The van der Waals surface area contributed by atoms with Gasteiger partial charge in [-0.05, 0) is 56.2 Å². The lowest BCUT2D eigenvalue weighted by Gasteiger charge is -2.35. The summed E-state index contributed by atoms with van der Waals surface area (Å²) in [6.45, 7) is 15.6. The Kier molecular flexibility index (Phi) is 8.21. The third kappa shape index (κ3) is 6.08. The molecular weight excluding hydrogens is 476 g/mol. The number of hydrogen-bond acceptors (Lipinski definition) is 7. The Labute approximate surface area is 223 Å². The van der Waals surface area contributed by atoms with Crippen molar-refractivity contribution in [2.24, 2.45) is 0 Å². The van der Waals surface area contributed by atoms with Gasteiger partial charge >= 0.3 is 0 Å². The van der Waals surface area contributed by atoms with Crippen LogP contribution < -0.4 is 15.5 Å². The van der Waals surface area contributed by atoms with E-state index in [9.17, 15) is 9.59 Å². The van der Waals surface area contributed by atoms with E-state index in [4.69, 9.17) is 10.4 Å². The molecule has 0 bridgehead atoms. The lowest BCUT2D eigenvalue weighted by Crippen LogP contribution is -2.41. The first-order valence-electron chi connectivity index (χ1n) is 12.7. The molecule has 3 heterocycles. The molecule has 1 unspecified atom stereocenters. The number of benzene rings is 1. The number of anilines is 3. The zero-order chi connectivity index (χ0) is 27.2. The minimum Gasteiger partial charge on any atom is -0.370 e. The van der Waals surface area contributed by atoms with Crippen LogP contribution in [0.2, 0.25) is 0 Å². The molecule has 0 aliphatic carbocycles. The molecule has 1 fully saturated rings. The molecule has 0 spiro atoms. The van der Waals surface area contributed by atoms with Gasteiger partial charge in [-0.15, -0.1) is 0 Å². The van der Waals surface area contributed by atoms with Crippen molar-refractivity contribution in [3.05, 3.63) is 97.0 Å². The normalized spacial score (nSPS) is 17.1. The number of pyridine rings is 1. The summed E-state index contributed by atoms with van der Waals surface area (Å²) < 4.78 is 0. The first-order valence-corrected chi connectivity index (χ1v) is 12.7. The number of amides is 1. The van der Waals surface area contributed by atoms with Crippen LogP contribution in [0, 0.1) is 12.3 Å². The number of carbonyl (C=O) groups is 2. The van der Waals surface area contributed by atoms with Crippen LogP contribution in [-0.4, -0.2) is 53.0 Å². The fourth-order valence-electron chi connectivity index (χ4n) is 4.65. The Morgan fingerprint density at radius 3 is 2.61 bits per heavy atom. The van der Waals surface area contributed by atoms with E-state index in [2.05, 4.69) is 35.3 Å². The van der Waals surface area contributed by atoms with Gasteiger partial charge in [0.25, 0.3) is 0 Å². The van der Waals surface area contributed by atoms with E-state index in [0.717, 1.165) is 37.3 Å². The number of likely N-dealkylation sites (tertiary alicyclic amines) is 1. The largest absolute Gasteiger partial charge is 0.370 e. The van der Waals surface area contributed by atoms with E-state index in [0.29, 0.717) is 41.3 Å². The average Bonchev–Trinajstić information content (AvgIpc) is 2.94. The van der Waals surface area contributed by atoms with E-state index in [1.165, 1.54) is 6.08 Å². The monoisotopic (exact) mass is 510 g/mol. The highest BCUT2D eigenvalue weighted by Gasteiger charge is 2.23. The van der Waals surface area contributed by atoms with E-state index in [1.54, 1.807) is 24.4 Å². The lowest BCUT2D eigenvalue weighted by molar-refractivity contribution is -0.114. The molecule has 8 nitrogen and oxygen atoms in total. The van der Waals surface area contributed by atoms with E-state index in [-0.39, 0.29) is 23.4 Å². The highest BCUT2D eigenvalue weighted by molar-refractivity contribution is 6.14. The highest BCUT2D eigenvalue weighted by atomic mass is 16.1. The molecule has 2 aromatic rings. The number of allylic oxidation sites excluding steroid dienone is 2. The molecule has 1 saturated heterocycles. The molecule has 1 aromatic carbocycles.